The molecule has 1 aliphatic heterocycles. The lowest BCUT2D eigenvalue weighted by Crippen LogP contribution is -2.30. The number of nitrogens with one attached hydrogen (secondary N) is 2. The minimum absolute atomic E-state index is 0.00712. The summed E-state index contributed by atoms with van der Waals surface area (Å²) in [4.78, 5) is 43.5. The fourth-order valence-electron chi connectivity index (χ4n) is 4.56. The molecule has 0 unspecified atom stereocenters. The number of carbonyl (C=O) groups is 3. The summed E-state index contributed by atoms with van der Waals surface area (Å²) in [7, 11) is 0. The summed E-state index contributed by atoms with van der Waals surface area (Å²) in [5, 5.41) is 5.76. The van der Waals surface area contributed by atoms with Crippen LogP contribution >= 0.6 is 0 Å². The van der Waals surface area contributed by atoms with Crippen LogP contribution in [-0.4, -0.2) is 29.3 Å². The predicted molar refractivity (Wildman–Crippen MR) is 145 cm³/mol. The number of rotatable bonds is 6. The summed E-state index contributed by atoms with van der Waals surface area (Å²) in [6.45, 7) is 2.07. The summed E-state index contributed by atoms with van der Waals surface area (Å²) in [5.74, 6) is -0.349. The Bertz CT molecular complexity index is 1470. The van der Waals surface area contributed by atoms with E-state index in [9.17, 15) is 14.4 Å². The number of benzene rings is 3. The van der Waals surface area contributed by atoms with Gasteiger partial charge in [0.15, 0.2) is 0 Å². The highest BCUT2D eigenvalue weighted by Crippen LogP contribution is 2.32. The Morgan fingerprint density at radius 3 is 2.38 bits per heavy atom. The first kappa shape index (κ1) is 23.9. The largest absolute Gasteiger partial charge is 0.326 e. The third-order valence-corrected chi connectivity index (χ3v) is 6.28. The van der Waals surface area contributed by atoms with Gasteiger partial charge in [-0.3, -0.25) is 19.4 Å². The van der Waals surface area contributed by atoms with E-state index in [1.165, 1.54) is 6.92 Å². The second-order valence-corrected chi connectivity index (χ2v) is 8.89. The molecule has 0 atom stereocenters. The summed E-state index contributed by atoms with van der Waals surface area (Å²) >= 11 is 0. The average Bonchev–Trinajstić information content (AvgIpc) is 3.33. The molecular weight excluding hydrogens is 464 g/mol. The van der Waals surface area contributed by atoms with Gasteiger partial charge in [0.1, 0.15) is 0 Å². The highest BCUT2D eigenvalue weighted by atomic mass is 16.2. The molecule has 0 saturated carbocycles. The number of hydrogen-bond donors (Lipinski definition) is 2. The van der Waals surface area contributed by atoms with Crippen LogP contribution in [0.4, 0.5) is 17.1 Å². The average molecular weight is 491 g/mol. The number of nitrogens with zero attached hydrogens (tertiary/aromatic N) is 2. The monoisotopic (exact) mass is 490 g/mol. The molecule has 1 aromatic heterocycles. The minimum atomic E-state index is -0.220. The van der Waals surface area contributed by atoms with Crippen molar-refractivity contribution in [2.75, 3.05) is 22.1 Å². The van der Waals surface area contributed by atoms with Crippen LogP contribution in [0.2, 0.25) is 0 Å². The second-order valence-electron chi connectivity index (χ2n) is 8.89. The molecule has 0 spiro atoms. The SMILES string of the molecule is CC(=O)Nc1ccc(-c2ccccc2C(=O)Nc2ccc3c(c2)CCN3C(=O)Cc2ccccn2)cc1. The predicted octanol–water partition coefficient (Wildman–Crippen LogP) is 5.09. The fourth-order valence-corrected chi connectivity index (χ4v) is 4.56. The van der Waals surface area contributed by atoms with E-state index in [4.69, 9.17) is 0 Å². The van der Waals surface area contributed by atoms with Crippen LogP contribution in [0.3, 0.4) is 0 Å². The molecule has 4 aromatic rings. The highest BCUT2D eigenvalue weighted by Gasteiger charge is 2.25. The van der Waals surface area contributed by atoms with Crippen molar-refractivity contribution in [3.05, 3.63) is 108 Å². The lowest BCUT2D eigenvalue weighted by Gasteiger charge is -2.17. The summed E-state index contributed by atoms with van der Waals surface area (Å²) in [6.07, 6.45) is 2.67. The van der Waals surface area contributed by atoms with Gasteiger partial charge in [-0.15, -0.1) is 0 Å². The first-order valence-corrected chi connectivity index (χ1v) is 12.1. The molecule has 37 heavy (non-hydrogen) atoms. The van der Waals surface area contributed by atoms with E-state index in [0.29, 0.717) is 23.5 Å². The van der Waals surface area contributed by atoms with Crippen LogP contribution in [-0.2, 0) is 22.4 Å². The number of hydrogen-bond acceptors (Lipinski definition) is 4. The molecular formula is C30H26N4O3. The van der Waals surface area contributed by atoms with Crippen molar-refractivity contribution in [3.63, 3.8) is 0 Å². The van der Waals surface area contributed by atoms with E-state index in [0.717, 1.165) is 34.5 Å². The number of pyridine rings is 1. The Morgan fingerprint density at radius 2 is 1.62 bits per heavy atom. The Morgan fingerprint density at radius 1 is 0.865 bits per heavy atom. The van der Waals surface area contributed by atoms with E-state index in [1.54, 1.807) is 17.2 Å². The number of carbonyl (C=O) groups excluding carboxylic acids is 3. The first-order valence-electron chi connectivity index (χ1n) is 12.1. The highest BCUT2D eigenvalue weighted by molar-refractivity contribution is 6.09. The zero-order chi connectivity index (χ0) is 25.8. The van der Waals surface area contributed by atoms with E-state index >= 15 is 0 Å². The number of aromatic nitrogens is 1. The molecule has 2 N–H and O–H groups in total. The van der Waals surface area contributed by atoms with Crippen molar-refractivity contribution in [1.82, 2.24) is 4.98 Å². The molecule has 3 aromatic carbocycles. The molecule has 7 nitrogen and oxygen atoms in total. The van der Waals surface area contributed by atoms with Crippen LogP contribution in [0.15, 0.2) is 91.1 Å². The molecule has 5 rings (SSSR count). The standard InChI is InChI=1S/C30H26N4O3/c1-20(35)32-23-11-9-21(10-12-23)26-7-2-3-8-27(26)30(37)33-25-13-14-28-22(18-25)15-17-34(28)29(36)19-24-6-4-5-16-31-24/h2-14,16,18H,15,17,19H2,1H3,(H,32,35)(H,33,37). The zero-order valence-corrected chi connectivity index (χ0v) is 20.4. The van der Waals surface area contributed by atoms with Crippen molar-refractivity contribution >= 4 is 34.8 Å². The molecule has 0 saturated heterocycles. The Balaban J connectivity index is 1.31. The molecule has 184 valence electrons. The lowest BCUT2D eigenvalue weighted by atomic mass is 9.98. The van der Waals surface area contributed by atoms with Gasteiger partial charge in [0.05, 0.1) is 6.42 Å². The van der Waals surface area contributed by atoms with Gasteiger partial charge in [0, 0.05) is 48.0 Å². The second kappa shape index (κ2) is 10.5. The summed E-state index contributed by atoms with van der Waals surface area (Å²) < 4.78 is 0. The van der Waals surface area contributed by atoms with Gasteiger partial charge in [-0.25, -0.2) is 0 Å². The number of amides is 3. The molecule has 7 heteroatoms. The van der Waals surface area contributed by atoms with Crippen molar-refractivity contribution in [3.8, 4) is 11.1 Å². The van der Waals surface area contributed by atoms with Gasteiger partial charge in [-0.2, -0.15) is 0 Å². The Labute approximate surface area is 215 Å². The Hall–Kier alpha value is -4.78. The van der Waals surface area contributed by atoms with Gasteiger partial charge >= 0.3 is 0 Å². The topological polar surface area (TPSA) is 91.4 Å². The normalized spacial score (nSPS) is 12.1. The van der Waals surface area contributed by atoms with E-state index < -0.39 is 0 Å². The molecule has 0 radical (unpaired) electrons. The molecule has 3 amide bonds. The zero-order valence-electron chi connectivity index (χ0n) is 20.4. The van der Waals surface area contributed by atoms with Crippen molar-refractivity contribution in [2.24, 2.45) is 0 Å². The van der Waals surface area contributed by atoms with Crippen LogP contribution in [0.1, 0.15) is 28.5 Å². The van der Waals surface area contributed by atoms with Crippen LogP contribution in [0.25, 0.3) is 11.1 Å². The maximum Gasteiger partial charge on any atom is 0.256 e. The number of anilines is 3. The quantitative estimate of drug-likeness (QED) is 0.394. The summed E-state index contributed by atoms with van der Waals surface area (Å²) in [5.41, 5.74) is 6.23. The smallest absolute Gasteiger partial charge is 0.256 e. The molecule has 0 bridgehead atoms. The van der Waals surface area contributed by atoms with Gasteiger partial charge in [0.2, 0.25) is 11.8 Å². The van der Waals surface area contributed by atoms with Gasteiger partial charge in [-0.1, -0.05) is 36.4 Å². The van der Waals surface area contributed by atoms with E-state index in [-0.39, 0.29) is 24.1 Å². The molecule has 2 heterocycles. The molecule has 0 aliphatic carbocycles. The van der Waals surface area contributed by atoms with Crippen molar-refractivity contribution < 1.29 is 14.4 Å². The Kier molecular flexibility index (Phi) is 6.76. The third-order valence-electron chi connectivity index (χ3n) is 6.28. The molecule has 0 fully saturated rings. The third kappa shape index (κ3) is 5.41. The maximum atomic E-state index is 13.3. The summed E-state index contributed by atoms with van der Waals surface area (Å²) in [6, 6.07) is 26.0. The van der Waals surface area contributed by atoms with Crippen molar-refractivity contribution in [1.29, 1.82) is 0 Å². The van der Waals surface area contributed by atoms with Gasteiger partial charge < -0.3 is 15.5 Å². The first-order chi connectivity index (χ1) is 18.0. The number of fused-ring (bicyclic) bond motifs is 1. The van der Waals surface area contributed by atoms with Gasteiger partial charge in [-0.05, 0) is 71.6 Å². The molecule has 1 aliphatic rings. The van der Waals surface area contributed by atoms with Crippen molar-refractivity contribution in [2.45, 2.75) is 19.8 Å². The van der Waals surface area contributed by atoms with Crippen LogP contribution in [0, 0.1) is 0 Å². The van der Waals surface area contributed by atoms with Gasteiger partial charge in [0.25, 0.3) is 5.91 Å². The van der Waals surface area contributed by atoms with E-state index in [2.05, 4.69) is 15.6 Å². The minimum Gasteiger partial charge on any atom is -0.326 e. The fraction of sp³-hybridized carbons (Fsp3) is 0.133. The van der Waals surface area contributed by atoms with Crippen LogP contribution < -0.4 is 15.5 Å². The van der Waals surface area contributed by atoms with Crippen LogP contribution in [0.5, 0.6) is 0 Å². The van der Waals surface area contributed by atoms with E-state index in [1.807, 2.05) is 78.9 Å². The maximum absolute atomic E-state index is 13.3. The lowest BCUT2D eigenvalue weighted by molar-refractivity contribution is -0.118.